The van der Waals surface area contributed by atoms with Gasteiger partial charge in [0.15, 0.2) is 12.4 Å². The van der Waals surface area contributed by atoms with Crippen LogP contribution in [0.2, 0.25) is 0 Å². The summed E-state index contributed by atoms with van der Waals surface area (Å²) in [6.07, 6.45) is -4.64. The molecule has 0 radical (unpaired) electrons. The Labute approximate surface area is 211 Å². The van der Waals surface area contributed by atoms with Gasteiger partial charge >= 0.3 is 6.18 Å². The van der Waals surface area contributed by atoms with Crippen LogP contribution in [0.5, 0.6) is 5.75 Å². The lowest BCUT2D eigenvalue weighted by Crippen LogP contribution is -2.24. The average Bonchev–Trinajstić information content (AvgIpc) is 2.82. The number of hydrogen-bond acceptors (Lipinski definition) is 4. The molecule has 0 atom stereocenters. The molecular formula is C29H26F3NO4. The van der Waals surface area contributed by atoms with Crippen molar-refractivity contribution in [1.82, 2.24) is 0 Å². The number of nitrogens with one attached hydrogen (secondary N) is 1. The first-order chi connectivity index (χ1) is 17.3. The lowest BCUT2D eigenvalue weighted by molar-refractivity contribution is -0.137. The number of halogens is 3. The van der Waals surface area contributed by atoms with Crippen LogP contribution in [0, 0.1) is 6.92 Å². The van der Waals surface area contributed by atoms with Gasteiger partial charge in [-0.3, -0.25) is 9.59 Å². The van der Waals surface area contributed by atoms with Crippen molar-refractivity contribution in [1.29, 1.82) is 0 Å². The Hall–Kier alpha value is -4.07. The number of ether oxygens (including phenoxy) is 1. The summed E-state index contributed by atoms with van der Waals surface area (Å²) in [4.78, 5) is 25.9. The number of alkyl halides is 3. The SMILES string of the molecule is Cc1ccc2c(=O)c(OCC(=O)Nc3ccccc3C(F)(F)F)c(-c3ccc(C(C)(C)C)cc3)oc2c1. The molecule has 0 aliphatic heterocycles. The van der Waals surface area contributed by atoms with Crippen LogP contribution in [0.25, 0.3) is 22.3 Å². The fraction of sp³-hybridized carbons (Fsp3) is 0.241. The minimum absolute atomic E-state index is 0.0933. The van der Waals surface area contributed by atoms with Crippen LogP contribution in [-0.2, 0) is 16.4 Å². The number of para-hydroxylation sites is 1. The monoisotopic (exact) mass is 509 g/mol. The van der Waals surface area contributed by atoms with E-state index in [9.17, 15) is 22.8 Å². The lowest BCUT2D eigenvalue weighted by Gasteiger charge is -2.19. The Morgan fingerprint density at radius 3 is 2.30 bits per heavy atom. The Kier molecular flexibility index (Phi) is 6.86. The molecule has 4 aromatic rings. The normalized spacial score (nSPS) is 12.0. The number of rotatable bonds is 5. The number of hydrogen-bond donors (Lipinski definition) is 1. The number of carbonyl (C=O) groups excluding carboxylic acids is 1. The summed E-state index contributed by atoms with van der Waals surface area (Å²) < 4.78 is 51.5. The van der Waals surface area contributed by atoms with Crippen LogP contribution in [0.1, 0.15) is 37.5 Å². The second kappa shape index (κ2) is 9.76. The molecule has 0 unspecified atom stereocenters. The molecule has 0 bridgehead atoms. The van der Waals surface area contributed by atoms with E-state index in [2.05, 4.69) is 26.1 Å². The van der Waals surface area contributed by atoms with Crippen molar-refractivity contribution in [2.45, 2.75) is 39.3 Å². The molecule has 1 N–H and O–H groups in total. The molecule has 4 rings (SSSR count). The summed E-state index contributed by atoms with van der Waals surface area (Å²) in [7, 11) is 0. The minimum atomic E-state index is -4.64. The summed E-state index contributed by atoms with van der Waals surface area (Å²) in [6, 6.07) is 17.1. The van der Waals surface area contributed by atoms with E-state index in [1.54, 1.807) is 30.3 Å². The Morgan fingerprint density at radius 2 is 1.65 bits per heavy atom. The largest absolute Gasteiger partial charge is 0.476 e. The topological polar surface area (TPSA) is 68.5 Å². The van der Waals surface area contributed by atoms with Gasteiger partial charge in [-0.1, -0.05) is 63.2 Å². The van der Waals surface area contributed by atoms with E-state index >= 15 is 0 Å². The van der Waals surface area contributed by atoms with E-state index in [0.29, 0.717) is 11.1 Å². The average molecular weight is 510 g/mol. The molecule has 0 aliphatic carbocycles. The van der Waals surface area contributed by atoms with Crippen LogP contribution in [0.4, 0.5) is 18.9 Å². The summed E-state index contributed by atoms with van der Waals surface area (Å²) in [5, 5.41) is 2.48. The number of anilines is 1. The van der Waals surface area contributed by atoms with Gasteiger partial charge in [-0.2, -0.15) is 13.2 Å². The number of fused-ring (bicyclic) bond motifs is 1. The molecule has 192 valence electrons. The van der Waals surface area contributed by atoms with Crippen LogP contribution in [-0.4, -0.2) is 12.5 Å². The minimum Gasteiger partial charge on any atom is -0.476 e. The highest BCUT2D eigenvalue weighted by atomic mass is 19.4. The van der Waals surface area contributed by atoms with Crippen molar-refractivity contribution in [3.63, 3.8) is 0 Å². The van der Waals surface area contributed by atoms with Gasteiger partial charge in [-0.05, 0) is 47.7 Å². The number of aryl methyl sites for hydroxylation is 1. The van der Waals surface area contributed by atoms with Crippen LogP contribution < -0.4 is 15.5 Å². The summed E-state index contributed by atoms with van der Waals surface area (Å²) in [5.74, 6) is -0.916. The fourth-order valence-electron chi connectivity index (χ4n) is 3.89. The molecule has 1 amide bonds. The quantitative estimate of drug-likeness (QED) is 0.312. The van der Waals surface area contributed by atoms with Crippen molar-refractivity contribution in [2.24, 2.45) is 0 Å². The highest BCUT2D eigenvalue weighted by Gasteiger charge is 2.33. The molecule has 8 heteroatoms. The maximum absolute atomic E-state index is 13.4. The van der Waals surface area contributed by atoms with Gasteiger partial charge in [0.2, 0.25) is 11.2 Å². The highest BCUT2D eigenvalue weighted by Crippen LogP contribution is 2.35. The molecule has 1 aromatic heterocycles. The molecule has 0 spiro atoms. The predicted molar refractivity (Wildman–Crippen MR) is 137 cm³/mol. The fourth-order valence-corrected chi connectivity index (χ4v) is 3.89. The highest BCUT2D eigenvalue weighted by molar-refractivity contribution is 5.93. The molecule has 0 saturated heterocycles. The smallest absolute Gasteiger partial charge is 0.418 e. The molecule has 0 aliphatic rings. The Balaban J connectivity index is 1.69. The first-order valence-corrected chi connectivity index (χ1v) is 11.6. The van der Waals surface area contributed by atoms with Gasteiger partial charge in [-0.15, -0.1) is 0 Å². The van der Waals surface area contributed by atoms with Gasteiger partial charge in [-0.25, -0.2) is 0 Å². The predicted octanol–water partition coefficient (Wildman–Crippen LogP) is 7.10. The van der Waals surface area contributed by atoms with Crippen molar-refractivity contribution >= 4 is 22.6 Å². The van der Waals surface area contributed by atoms with Crippen LogP contribution in [0.3, 0.4) is 0 Å². The molecular weight excluding hydrogens is 483 g/mol. The standard InChI is InChI=1S/C29H26F3NO4/c1-17-9-14-20-23(15-17)37-26(18-10-12-19(13-11-18)28(2,3)4)27(25(20)35)36-16-24(34)33-22-8-6-5-7-21(22)29(30,31)32/h5-15H,16H2,1-4H3,(H,33,34). The lowest BCUT2D eigenvalue weighted by atomic mass is 9.86. The van der Waals surface area contributed by atoms with E-state index in [4.69, 9.17) is 9.15 Å². The van der Waals surface area contributed by atoms with Crippen molar-refractivity contribution in [3.05, 3.63) is 93.6 Å². The van der Waals surface area contributed by atoms with E-state index in [1.807, 2.05) is 19.1 Å². The number of amides is 1. The second-order valence-corrected chi connectivity index (χ2v) is 9.80. The number of carbonyl (C=O) groups is 1. The zero-order valence-electron chi connectivity index (χ0n) is 20.8. The third-order valence-corrected chi connectivity index (χ3v) is 5.87. The summed E-state index contributed by atoms with van der Waals surface area (Å²) in [6.45, 7) is 7.40. The molecule has 0 saturated carbocycles. The van der Waals surface area contributed by atoms with Gasteiger partial charge in [0.05, 0.1) is 16.6 Å². The maximum Gasteiger partial charge on any atom is 0.418 e. The Morgan fingerprint density at radius 1 is 0.973 bits per heavy atom. The maximum atomic E-state index is 13.4. The first-order valence-electron chi connectivity index (χ1n) is 11.6. The van der Waals surface area contributed by atoms with Crippen LogP contribution in [0.15, 0.2) is 75.9 Å². The second-order valence-electron chi connectivity index (χ2n) is 9.80. The summed E-state index contributed by atoms with van der Waals surface area (Å²) >= 11 is 0. The summed E-state index contributed by atoms with van der Waals surface area (Å²) in [5.41, 5.74) is 0.915. The van der Waals surface area contributed by atoms with Gasteiger partial charge < -0.3 is 14.5 Å². The van der Waals surface area contributed by atoms with Crippen molar-refractivity contribution < 1.29 is 27.1 Å². The zero-order chi connectivity index (χ0) is 27.0. The van der Waals surface area contributed by atoms with Crippen LogP contribution >= 0.6 is 0 Å². The van der Waals surface area contributed by atoms with Crippen molar-refractivity contribution in [3.8, 4) is 17.1 Å². The molecule has 3 aromatic carbocycles. The first kappa shape index (κ1) is 26.0. The molecule has 5 nitrogen and oxygen atoms in total. The molecule has 1 heterocycles. The van der Waals surface area contributed by atoms with E-state index in [1.165, 1.54) is 12.1 Å². The van der Waals surface area contributed by atoms with Gasteiger partial charge in [0.25, 0.3) is 5.91 Å². The molecule has 37 heavy (non-hydrogen) atoms. The van der Waals surface area contributed by atoms with Gasteiger partial charge in [0, 0.05) is 5.56 Å². The van der Waals surface area contributed by atoms with E-state index in [0.717, 1.165) is 23.3 Å². The molecule has 0 fully saturated rings. The van der Waals surface area contributed by atoms with Crippen molar-refractivity contribution in [2.75, 3.05) is 11.9 Å². The van der Waals surface area contributed by atoms with E-state index < -0.39 is 35.4 Å². The third-order valence-electron chi connectivity index (χ3n) is 5.87. The zero-order valence-corrected chi connectivity index (χ0v) is 20.8. The van der Waals surface area contributed by atoms with Gasteiger partial charge in [0.1, 0.15) is 5.58 Å². The third kappa shape index (κ3) is 5.69. The number of benzene rings is 3. The van der Waals surface area contributed by atoms with E-state index in [-0.39, 0.29) is 22.3 Å². The Bertz CT molecular complexity index is 1510.